The van der Waals surface area contributed by atoms with E-state index >= 15 is 0 Å². The second kappa shape index (κ2) is 7.63. The van der Waals surface area contributed by atoms with Gasteiger partial charge in [-0.1, -0.05) is 18.2 Å². The molecule has 1 atom stereocenters. The first-order valence-electron chi connectivity index (χ1n) is 9.15. The van der Waals surface area contributed by atoms with Crippen molar-refractivity contribution in [1.82, 2.24) is 30.6 Å². The lowest BCUT2D eigenvalue weighted by Gasteiger charge is -2.17. The van der Waals surface area contributed by atoms with Gasteiger partial charge in [0.15, 0.2) is 15.8 Å². The number of para-hydroxylation sites is 1. The van der Waals surface area contributed by atoms with Crippen LogP contribution >= 0.6 is 0 Å². The van der Waals surface area contributed by atoms with E-state index in [-0.39, 0.29) is 22.9 Å². The van der Waals surface area contributed by atoms with Crippen molar-refractivity contribution < 1.29 is 16.8 Å². The maximum Gasteiger partial charge on any atom is 0.240 e. The number of rotatable bonds is 6. The van der Waals surface area contributed by atoms with Crippen LogP contribution in [0.3, 0.4) is 0 Å². The smallest absolute Gasteiger partial charge is 0.240 e. The van der Waals surface area contributed by atoms with Crippen molar-refractivity contribution in [2.24, 2.45) is 10.9 Å². The molecule has 168 valence electrons. The summed E-state index contributed by atoms with van der Waals surface area (Å²) in [4.78, 5) is 5.99. The Balaban J connectivity index is 2.16. The number of sulfone groups is 1. The summed E-state index contributed by atoms with van der Waals surface area (Å²) in [7, 11) is -8.72. The molecule has 0 fully saturated rings. The minimum absolute atomic E-state index is 0.138. The number of anilines is 1. The summed E-state index contributed by atoms with van der Waals surface area (Å²) in [5.41, 5.74) is 13.1. The van der Waals surface area contributed by atoms with Crippen LogP contribution < -0.4 is 16.6 Å². The SMILES string of the molecule is C[C@H](N)CS(=O)(=O)c1ccc(-c2cccc3[nH]c(N)nc23)c(-c2nn[nH]n2)c1S(N)(=O)=O. The number of nitrogens with two attached hydrogens (primary N) is 3. The van der Waals surface area contributed by atoms with E-state index in [1.165, 1.54) is 19.1 Å². The fourth-order valence-electron chi connectivity index (χ4n) is 3.51. The van der Waals surface area contributed by atoms with Gasteiger partial charge in [0.05, 0.1) is 27.2 Å². The molecule has 2 heterocycles. The molecule has 0 aliphatic carbocycles. The van der Waals surface area contributed by atoms with Crippen LogP contribution in [0.4, 0.5) is 5.95 Å². The highest BCUT2D eigenvalue weighted by Crippen LogP contribution is 2.41. The molecule has 15 heteroatoms. The Morgan fingerprint density at radius 3 is 2.47 bits per heavy atom. The van der Waals surface area contributed by atoms with Crippen molar-refractivity contribution in [3.05, 3.63) is 30.3 Å². The summed E-state index contributed by atoms with van der Waals surface area (Å²) in [5.74, 6) is -0.509. The van der Waals surface area contributed by atoms with Crippen LogP contribution in [0.25, 0.3) is 33.5 Å². The zero-order chi connectivity index (χ0) is 23.3. The Hall–Kier alpha value is -3.40. The quantitative estimate of drug-likeness (QED) is 0.244. The lowest BCUT2D eigenvalue weighted by atomic mass is 9.98. The lowest BCUT2D eigenvalue weighted by Crippen LogP contribution is -2.28. The van der Waals surface area contributed by atoms with Gasteiger partial charge in [-0.2, -0.15) is 5.21 Å². The number of aromatic nitrogens is 6. The number of hydrogen-bond acceptors (Lipinski definition) is 10. The van der Waals surface area contributed by atoms with Gasteiger partial charge in [-0.05, 0) is 29.8 Å². The number of sulfonamides is 1. The topological polar surface area (TPSA) is 229 Å². The first kappa shape index (κ1) is 21.8. The number of benzene rings is 2. The van der Waals surface area contributed by atoms with Crippen molar-refractivity contribution >= 4 is 36.8 Å². The van der Waals surface area contributed by atoms with Crippen LogP contribution in [0.15, 0.2) is 40.1 Å². The van der Waals surface area contributed by atoms with E-state index in [0.717, 1.165) is 0 Å². The van der Waals surface area contributed by atoms with Gasteiger partial charge in [-0.25, -0.2) is 27.0 Å². The highest BCUT2D eigenvalue weighted by atomic mass is 32.2. The average molecular weight is 478 g/mol. The lowest BCUT2D eigenvalue weighted by molar-refractivity contribution is 0.580. The van der Waals surface area contributed by atoms with Crippen LogP contribution in [0.1, 0.15) is 6.92 Å². The van der Waals surface area contributed by atoms with Crippen LogP contribution in [-0.4, -0.2) is 59.2 Å². The monoisotopic (exact) mass is 477 g/mol. The number of H-pyrrole nitrogens is 2. The van der Waals surface area contributed by atoms with Crippen LogP contribution in [-0.2, 0) is 19.9 Å². The maximum absolute atomic E-state index is 13.0. The van der Waals surface area contributed by atoms with E-state index in [1.54, 1.807) is 18.2 Å². The minimum Gasteiger partial charge on any atom is -0.369 e. The van der Waals surface area contributed by atoms with Gasteiger partial charge in [0.1, 0.15) is 4.90 Å². The third-order valence-electron chi connectivity index (χ3n) is 4.61. The second-order valence-corrected chi connectivity index (χ2v) is 10.7. The molecule has 2 aromatic carbocycles. The van der Waals surface area contributed by atoms with Crippen molar-refractivity contribution in [3.63, 3.8) is 0 Å². The summed E-state index contributed by atoms with van der Waals surface area (Å²) in [5, 5.41) is 19.0. The van der Waals surface area contributed by atoms with E-state index in [2.05, 4.69) is 30.6 Å². The largest absolute Gasteiger partial charge is 0.369 e. The van der Waals surface area contributed by atoms with E-state index in [1.807, 2.05) is 0 Å². The highest BCUT2D eigenvalue weighted by molar-refractivity contribution is 7.93. The van der Waals surface area contributed by atoms with E-state index < -0.39 is 41.4 Å². The molecule has 0 unspecified atom stereocenters. The van der Waals surface area contributed by atoms with Gasteiger partial charge < -0.3 is 16.5 Å². The molecule has 0 bridgehead atoms. The molecule has 32 heavy (non-hydrogen) atoms. The second-order valence-electron chi connectivity index (χ2n) is 7.18. The molecule has 0 aliphatic rings. The van der Waals surface area contributed by atoms with Crippen LogP contribution in [0.2, 0.25) is 0 Å². The van der Waals surface area contributed by atoms with Crippen molar-refractivity contribution in [1.29, 1.82) is 0 Å². The summed E-state index contributed by atoms with van der Waals surface area (Å²) in [6.07, 6.45) is 0. The van der Waals surface area contributed by atoms with E-state index in [9.17, 15) is 16.8 Å². The molecule has 8 N–H and O–H groups in total. The predicted molar refractivity (Wildman–Crippen MR) is 116 cm³/mol. The Morgan fingerprint density at radius 1 is 1.09 bits per heavy atom. The first-order chi connectivity index (χ1) is 15.0. The molecule has 0 spiro atoms. The fraction of sp³-hybridized carbons (Fsp3) is 0.176. The number of nitrogens with zero attached hydrogens (tertiary/aromatic N) is 4. The Bertz CT molecular complexity index is 1530. The molecular weight excluding hydrogens is 458 g/mol. The molecule has 0 aliphatic heterocycles. The van der Waals surface area contributed by atoms with Gasteiger partial charge in [0.2, 0.25) is 15.8 Å². The molecule has 0 amide bonds. The Morgan fingerprint density at radius 2 is 1.84 bits per heavy atom. The van der Waals surface area contributed by atoms with Crippen LogP contribution in [0, 0.1) is 0 Å². The molecule has 0 radical (unpaired) electrons. The number of hydrogen-bond donors (Lipinski definition) is 5. The molecule has 2 aromatic heterocycles. The molecule has 4 rings (SSSR count). The molecule has 13 nitrogen and oxygen atoms in total. The van der Waals surface area contributed by atoms with E-state index in [0.29, 0.717) is 16.6 Å². The van der Waals surface area contributed by atoms with Crippen molar-refractivity contribution in [2.45, 2.75) is 22.8 Å². The highest BCUT2D eigenvalue weighted by Gasteiger charge is 2.32. The average Bonchev–Trinajstić information content (AvgIpc) is 3.33. The number of primary sulfonamides is 1. The maximum atomic E-state index is 13.0. The Kier molecular flexibility index (Phi) is 5.20. The number of fused-ring (bicyclic) bond motifs is 1. The van der Waals surface area contributed by atoms with Gasteiger partial charge in [-0.3, -0.25) is 0 Å². The summed E-state index contributed by atoms with van der Waals surface area (Å²) in [6.45, 7) is 1.49. The standard InChI is InChI=1S/C17H19N9O4S2/c1-8(18)7-31(27,28)12-6-5-9(10-3-2-4-11-14(10)22-17(19)21-11)13(15(12)32(20,29)30)16-23-25-26-24-16/h2-6,8H,7,18H2,1H3,(H3,19,21,22)(H2,20,29,30)(H,23,24,25,26)/t8-/m0/s1. The summed E-state index contributed by atoms with van der Waals surface area (Å²) < 4.78 is 51.4. The summed E-state index contributed by atoms with van der Waals surface area (Å²) >= 11 is 0. The van der Waals surface area contributed by atoms with Gasteiger partial charge >= 0.3 is 0 Å². The third-order valence-corrected chi connectivity index (χ3v) is 7.71. The van der Waals surface area contributed by atoms with Gasteiger partial charge in [-0.15, -0.1) is 10.2 Å². The number of tetrazole rings is 1. The fourth-order valence-corrected chi connectivity index (χ4v) is 6.60. The van der Waals surface area contributed by atoms with E-state index in [4.69, 9.17) is 16.6 Å². The zero-order valence-corrected chi connectivity index (χ0v) is 18.3. The van der Waals surface area contributed by atoms with Gasteiger partial charge in [0.25, 0.3) is 0 Å². The number of nitrogen functional groups attached to an aromatic ring is 1. The Labute approximate surface area is 182 Å². The molecule has 4 aromatic rings. The number of nitrogens with one attached hydrogen (secondary N) is 2. The minimum atomic E-state index is -4.58. The third kappa shape index (κ3) is 3.81. The van der Waals surface area contributed by atoms with Crippen molar-refractivity contribution in [2.75, 3.05) is 11.5 Å². The van der Waals surface area contributed by atoms with Crippen LogP contribution in [0.5, 0.6) is 0 Å². The predicted octanol–water partition coefficient (Wildman–Crippen LogP) is -0.239. The van der Waals surface area contributed by atoms with Crippen molar-refractivity contribution in [3.8, 4) is 22.5 Å². The number of imidazole rings is 1. The van der Waals surface area contributed by atoms with Gasteiger partial charge in [0, 0.05) is 11.6 Å². The molecular formula is C17H19N9O4S2. The number of aromatic amines is 2. The molecule has 0 saturated carbocycles. The first-order valence-corrected chi connectivity index (χ1v) is 12.4. The normalized spacial score (nSPS) is 13.5. The summed E-state index contributed by atoms with van der Waals surface area (Å²) in [6, 6.07) is 6.97. The molecule has 0 saturated heterocycles. The zero-order valence-electron chi connectivity index (χ0n) is 16.6.